The predicted octanol–water partition coefficient (Wildman–Crippen LogP) is 2.51. The van der Waals surface area contributed by atoms with Crippen LogP contribution < -0.4 is 5.73 Å². The van der Waals surface area contributed by atoms with Crippen LogP contribution in [0.15, 0.2) is 0 Å². The van der Waals surface area contributed by atoms with E-state index in [9.17, 15) is 4.79 Å². The highest BCUT2D eigenvalue weighted by Gasteiger charge is 2.21. The van der Waals surface area contributed by atoms with E-state index in [2.05, 4.69) is 6.92 Å². The van der Waals surface area contributed by atoms with Gasteiger partial charge in [0.25, 0.3) is 0 Å². The number of carbonyl (C=O) groups is 1. The topological polar surface area (TPSA) is 43.1 Å². The Bertz CT molecular complexity index is 187. The summed E-state index contributed by atoms with van der Waals surface area (Å²) < 4.78 is 0. The molecule has 0 radical (unpaired) electrons. The predicted molar refractivity (Wildman–Crippen MR) is 59.0 cm³/mol. The number of ketones is 1. The van der Waals surface area contributed by atoms with E-state index in [1.54, 1.807) is 6.92 Å². The number of hydrogen-bond donors (Lipinski definition) is 1. The van der Waals surface area contributed by atoms with Crippen LogP contribution in [0.4, 0.5) is 0 Å². The van der Waals surface area contributed by atoms with E-state index in [1.807, 2.05) is 0 Å². The number of rotatable bonds is 7. The average molecular weight is 197 g/mol. The van der Waals surface area contributed by atoms with Crippen molar-refractivity contribution in [3.05, 3.63) is 0 Å². The van der Waals surface area contributed by atoms with Gasteiger partial charge in [0.2, 0.25) is 0 Å². The lowest BCUT2D eigenvalue weighted by Gasteiger charge is -2.14. The fourth-order valence-corrected chi connectivity index (χ4v) is 1.88. The van der Waals surface area contributed by atoms with E-state index in [4.69, 9.17) is 5.73 Å². The summed E-state index contributed by atoms with van der Waals surface area (Å²) >= 11 is 0. The third-order valence-electron chi connectivity index (χ3n) is 3.18. The van der Waals surface area contributed by atoms with Crippen LogP contribution in [0.5, 0.6) is 0 Å². The molecule has 2 N–H and O–H groups in total. The molecule has 1 aliphatic carbocycles. The first-order valence-electron chi connectivity index (χ1n) is 5.85. The summed E-state index contributed by atoms with van der Waals surface area (Å²) in [5.41, 5.74) is 5.71. The first-order chi connectivity index (χ1) is 6.59. The number of nitrogens with two attached hydrogens (primary N) is 1. The molecule has 0 amide bonds. The zero-order chi connectivity index (χ0) is 10.6. The molecule has 0 aromatic heterocycles. The van der Waals surface area contributed by atoms with Crippen LogP contribution in [0, 0.1) is 11.8 Å². The molecule has 0 saturated heterocycles. The maximum absolute atomic E-state index is 10.9. The maximum atomic E-state index is 10.9. The van der Waals surface area contributed by atoms with Gasteiger partial charge in [-0.25, -0.2) is 0 Å². The largest absolute Gasteiger partial charge is 0.322 e. The Balaban J connectivity index is 2.01. The maximum Gasteiger partial charge on any atom is 0.146 e. The van der Waals surface area contributed by atoms with Crippen molar-refractivity contribution >= 4 is 5.78 Å². The van der Waals surface area contributed by atoms with Gasteiger partial charge in [-0.05, 0) is 25.2 Å². The van der Waals surface area contributed by atoms with E-state index in [0.717, 1.165) is 12.3 Å². The quantitative estimate of drug-likeness (QED) is 0.681. The molecule has 2 nitrogen and oxygen atoms in total. The molecule has 1 fully saturated rings. The van der Waals surface area contributed by atoms with E-state index >= 15 is 0 Å². The normalized spacial score (nSPS) is 20.5. The van der Waals surface area contributed by atoms with Gasteiger partial charge < -0.3 is 5.73 Å². The number of carbonyl (C=O) groups excluding carboxylic acids is 1. The molecular weight excluding hydrogens is 174 g/mol. The lowest BCUT2D eigenvalue weighted by atomic mass is 9.94. The zero-order valence-electron chi connectivity index (χ0n) is 9.46. The van der Waals surface area contributed by atoms with Crippen LogP contribution in [-0.4, -0.2) is 11.8 Å². The van der Waals surface area contributed by atoms with Gasteiger partial charge in [0.05, 0.1) is 6.04 Å². The van der Waals surface area contributed by atoms with Crippen molar-refractivity contribution in [3.8, 4) is 0 Å². The molecule has 0 bridgehead atoms. The van der Waals surface area contributed by atoms with Crippen LogP contribution in [-0.2, 0) is 4.79 Å². The minimum atomic E-state index is -0.231. The van der Waals surface area contributed by atoms with Gasteiger partial charge in [-0.1, -0.05) is 39.0 Å². The highest BCUT2D eigenvalue weighted by molar-refractivity contribution is 5.81. The summed E-state index contributed by atoms with van der Waals surface area (Å²) in [6.07, 6.45) is 7.69. The molecule has 1 rings (SSSR count). The molecule has 0 heterocycles. The fraction of sp³-hybridized carbons (Fsp3) is 0.917. The highest BCUT2D eigenvalue weighted by Crippen LogP contribution is 2.34. The first-order valence-corrected chi connectivity index (χ1v) is 5.85. The van der Waals surface area contributed by atoms with Gasteiger partial charge in [-0.15, -0.1) is 0 Å². The SMILES string of the molecule is CC(=O)[C@@H](N)C[C@H](C)CCCC1CC1. The summed E-state index contributed by atoms with van der Waals surface area (Å²) in [5.74, 6) is 1.76. The third kappa shape index (κ3) is 4.75. The second-order valence-electron chi connectivity index (χ2n) is 4.93. The molecule has 0 aromatic carbocycles. The minimum absolute atomic E-state index is 0.124. The van der Waals surface area contributed by atoms with Crippen molar-refractivity contribution in [2.75, 3.05) is 0 Å². The van der Waals surface area contributed by atoms with Crippen LogP contribution in [0.1, 0.15) is 52.4 Å². The summed E-state index contributed by atoms with van der Waals surface area (Å²) in [6, 6.07) is -0.231. The zero-order valence-corrected chi connectivity index (χ0v) is 9.46. The molecule has 82 valence electrons. The average Bonchev–Trinajstić information content (AvgIpc) is 2.87. The lowest BCUT2D eigenvalue weighted by Crippen LogP contribution is -2.30. The number of hydrogen-bond acceptors (Lipinski definition) is 2. The van der Waals surface area contributed by atoms with Crippen molar-refractivity contribution in [1.82, 2.24) is 0 Å². The molecule has 14 heavy (non-hydrogen) atoms. The Morgan fingerprint density at radius 3 is 2.64 bits per heavy atom. The fourth-order valence-electron chi connectivity index (χ4n) is 1.88. The van der Waals surface area contributed by atoms with Crippen molar-refractivity contribution in [2.24, 2.45) is 17.6 Å². The molecule has 2 heteroatoms. The monoisotopic (exact) mass is 197 g/mol. The summed E-state index contributed by atoms with van der Waals surface area (Å²) in [5, 5.41) is 0. The lowest BCUT2D eigenvalue weighted by molar-refractivity contribution is -0.118. The summed E-state index contributed by atoms with van der Waals surface area (Å²) in [4.78, 5) is 10.9. The molecule has 0 spiro atoms. The molecule has 0 unspecified atom stereocenters. The van der Waals surface area contributed by atoms with E-state index in [-0.39, 0.29) is 11.8 Å². The Morgan fingerprint density at radius 2 is 2.14 bits per heavy atom. The van der Waals surface area contributed by atoms with Gasteiger partial charge in [-0.3, -0.25) is 4.79 Å². The molecule has 0 aliphatic heterocycles. The summed E-state index contributed by atoms with van der Waals surface area (Å²) in [6.45, 7) is 3.79. The van der Waals surface area contributed by atoms with E-state index < -0.39 is 0 Å². The van der Waals surface area contributed by atoms with Crippen LogP contribution >= 0.6 is 0 Å². The molecule has 1 aliphatic rings. The Labute approximate surface area is 87.2 Å². The van der Waals surface area contributed by atoms with Crippen LogP contribution in [0.2, 0.25) is 0 Å². The third-order valence-corrected chi connectivity index (χ3v) is 3.18. The second kappa shape index (κ2) is 5.50. The van der Waals surface area contributed by atoms with Gasteiger partial charge in [0, 0.05) is 0 Å². The van der Waals surface area contributed by atoms with Crippen molar-refractivity contribution in [2.45, 2.75) is 58.4 Å². The van der Waals surface area contributed by atoms with Gasteiger partial charge in [-0.2, -0.15) is 0 Å². The molecule has 2 atom stereocenters. The molecule has 1 saturated carbocycles. The van der Waals surface area contributed by atoms with Crippen LogP contribution in [0.3, 0.4) is 0 Å². The smallest absolute Gasteiger partial charge is 0.146 e. The second-order valence-corrected chi connectivity index (χ2v) is 4.93. The number of Topliss-reactive ketones (excluding diaryl/α,β-unsaturated/α-hetero) is 1. The van der Waals surface area contributed by atoms with Crippen molar-refractivity contribution < 1.29 is 4.79 Å². The standard InChI is InChI=1S/C12H23NO/c1-9(8-12(13)10(2)14)4-3-5-11-6-7-11/h9,11-12H,3-8,13H2,1-2H3/t9-,12+/m1/s1. The Morgan fingerprint density at radius 1 is 1.50 bits per heavy atom. The minimum Gasteiger partial charge on any atom is -0.322 e. The van der Waals surface area contributed by atoms with Gasteiger partial charge >= 0.3 is 0 Å². The van der Waals surface area contributed by atoms with Gasteiger partial charge in [0.1, 0.15) is 5.78 Å². The first kappa shape index (κ1) is 11.7. The van der Waals surface area contributed by atoms with Crippen molar-refractivity contribution in [3.63, 3.8) is 0 Å². The van der Waals surface area contributed by atoms with Crippen LogP contribution in [0.25, 0.3) is 0 Å². The van der Waals surface area contributed by atoms with E-state index in [1.165, 1.54) is 32.1 Å². The Hall–Kier alpha value is -0.370. The summed E-state index contributed by atoms with van der Waals surface area (Å²) in [7, 11) is 0. The Kier molecular flexibility index (Phi) is 4.59. The van der Waals surface area contributed by atoms with Crippen molar-refractivity contribution in [1.29, 1.82) is 0 Å². The molecular formula is C12H23NO. The highest BCUT2D eigenvalue weighted by atomic mass is 16.1. The van der Waals surface area contributed by atoms with E-state index in [0.29, 0.717) is 5.92 Å². The molecule has 0 aromatic rings. The van der Waals surface area contributed by atoms with Gasteiger partial charge in [0.15, 0.2) is 0 Å².